The van der Waals surface area contributed by atoms with Crippen LogP contribution in [0, 0.1) is 5.41 Å². The molecule has 0 bridgehead atoms. The fourth-order valence-corrected chi connectivity index (χ4v) is 3.95. The predicted molar refractivity (Wildman–Crippen MR) is 86.3 cm³/mol. The van der Waals surface area contributed by atoms with Gasteiger partial charge in [-0.25, -0.2) is 13.1 Å². The van der Waals surface area contributed by atoms with Gasteiger partial charge in [0.05, 0.1) is 11.3 Å². The van der Waals surface area contributed by atoms with Crippen molar-refractivity contribution in [2.24, 2.45) is 5.41 Å². The molecule has 0 unspecified atom stereocenters. The van der Waals surface area contributed by atoms with E-state index in [0.29, 0.717) is 12.2 Å². The fourth-order valence-electron chi connectivity index (χ4n) is 2.66. The highest BCUT2D eigenvalue weighted by molar-refractivity contribution is 7.89. The summed E-state index contributed by atoms with van der Waals surface area (Å²) in [5, 5.41) is 2.69. The fraction of sp³-hybridized carbons (Fsp3) is 0.533. The van der Waals surface area contributed by atoms with E-state index >= 15 is 0 Å². The molecule has 1 aliphatic rings. The molecule has 0 aliphatic carbocycles. The number of amides is 1. The van der Waals surface area contributed by atoms with E-state index in [-0.39, 0.29) is 22.6 Å². The molecule has 1 heterocycles. The molecule has 1 amide bonds. The average Bonchev–Trinajstić information content (AvgIpc) is 2.74. The van der Waals surface area contributed by atoms with Crippen LogP contribution in [0.4, 0.5) is 5.69 Å². The van der Waals surface area contributed by atoms with Crippen molar-refractivity contribution in [3.63, 3.8) is 0 Å². The zero-order valence-electron chi connectivity index (χ0n) is 13.4. The average molecular weight is 325 g/mol. The van der Waals surface area contributed by atoms with Gasteiger partial charge in [-0.1, -0.05) is 13.8 Å². The highest BCUT2D eigenvalue weighted by Crippen LogP contribution is 2.26. The van der Waals surface area contributed by atoms with Crippen LogP contribution < -0.4 is 10.0 Å². The molecular formula is C15H23N3O3S. The van der Waals surface area contributed by atoms with Gasteiger partial charge in [0.2, 0.25) is 15.9 Å². The molecule has 0 saturated heterocycles. The topological polar surface area (TPSA) is 78.5 Å². The van der Waals surface area contributed by atoms with E-state index in [1.54, 1.807) is 12.1 Å². The Balaban J connectivity index is 2.11. The predicted octanol–water partition coefficient (Wildman–Crippen LogP) is 1.05. The second kappa shape index (κ2) is 5.98. The van der Waals surface area contributed by atoms with Crippen molar-refractivity contribution in [3.05, 3.63) is 23.8 Å². The second-order valence-corrected chi connectivity index (χ2v) is 8.54. The first-order valence-corrected chi connectivity index (χ1v) is 8.65. The first-order valence-electron chi connectivity index (χ1n) is 7.16. The lowest BCUT2D eigenvalue weighted by atomic mass is 9.93. The zero-order valence-corrected chi connectivity index (χ0v) is 14.3. The van der Waals surface area contributed by atoms with Crippen LogP contribution in [0.25, 0.3) is 0 Å². The highest BCUT2D eigenvalue weighted by atomic mass is 32.2. The third kappa shape index (κ3) is 4.06. The van der Waals surface area contributed by atoms with Crippen molar-refractivity contribution < 1.29 is 13.2 Å². The third-order valence-corrected chi connectivity index (χ3v) is 4.90. The first-order chi connectivity index (χ1) is 10.1. The van der Waals surface area contributed by atoms with Crippen molar-refractivity contribution in [2.45, 2.75) is 25.2 Å². The Morgan fingerprint density at radius 2 is 2.00 bits per heavy atom. The number of hydrogen-bond acceptors (Lipinski definition) is 4. The van der Waals surface area contributed by atoms with Crippen LogP contribution in [-0.2, 0) is 21.2 Å². The molecule has 1 aromatic carbocycles. The number of rotatable bonds is 6. The largest absolute Gasteiger partial charge is 0.326 e. The maximum Gasteiger partial charge on any atom is 0.240 e. The molecule has 0 fully saturated rings. The molecule has 1 aromatic rings. The van der Waals surface area contributed by atoms with Gasteiger partial charge in [0, 0.05) is 18.8 Å². The minimum atomic E-state index is -3.58. The van der Waals surface area contributed by atoms with E-state index in [4.69, 9.17) is 0 Å². The number of fused-ring (bicyclic) bond motifs is 1. The Hall–Kier alpha value is -1.44. The van der Waals surface area contributed by atoms with Crippen LogP contribution in [0.5, 0.6) is 0 Å². The number of carbonyl (C=O) groups excluding carboxylic acids is 1. The molecule has 2 rings (SSSR count). The molecule has 122 valence electrons. The summed E-state index contributed by atoms with van der Waals surface area (Å²) in [6, 6.07) is 4.72. The quantitative estimate of drug-likeness (QED) is 0.819. The number of benzene rings is 1. The summed E-state index contributed by atoms with van der Waals surface area (Å²) in [7, 11) is 0.342. The van der Waals surface area contributed by atoms with E-state index in [0.717, 1.165) is 12.1 Å². The molecule has 0 spiro atoms. The van der Waals surface area contributed by atoms with Crippen molar-refractivity contribution in [1.29, 1.82) is 0 Å². The van der Waals surface area contributed by atoms with Gasteiger partial charge in [-0.15, -0.1) is 0 Å². The summed E-state index contributed by atoms with van der Waals surface area (Å²) in [6.07, 6.45) is 0.227. The maximum atomic E-state index is 12.4. The standard InChI is InChI=1S/C15H23N3O3S/c1-15(2,10-18(3)4)9-16-22(20,21)12-5-6-13-11(7-12)8-14(19)17-13/h5-7,16H,8-10H2,1-4H3,(H,17,19). The van der Waals surface area contributed by atoms with Gasteiger partial charge < -0.3 is 10.2 Å². The molecule has 22 heavy (non-hydrogen) atoms. The molecule has 7 heteroatoms. The third-order valence-electron chi connectivity index (χ3n) is 3.50. The number of hydrogen-bond donors (Lipinski definition) is 2. The first kappa shape index (κ1) is 16.9. The molecule has 1 aliphatic heterocycles. The van der Waals surface area contributed by atoms with E-state index in [1.165, 1.54) is 6.07 Å². The Morgan fingerprint density at radius 1 is 1.32 bits per heavy atom. The van der Waals surface area contributed by atoms with Gasteiger partial charge >= 0.3 is 0 Å². The van der Waals surface area contributed by atoms with Crippen LogP contribution in [0.1, 0.15) is 19.4 Å². The van der Waals surface area contributed by atoms with Crippen LogP contribution in [0.3, 0.4) is 0 Å². The van der Waals surface area contributed by atoms with Crippen molar-refractivity contribution in [2.75, 3.05) is 32.5 Å². The van der Waals surface area contributed by atoms with Gasteiger partial charge in [0.1, 0.15) is 0 Å². The maximum absolute atomic E-state index is 12.4. The van der Waals surface area contributed by atoms with Gasteiger partial charge in [0.25, 0.3) is 0 Å². The summed E-state index contributed by atoms with van der Waals surface area (Å²) >= 11 is 0. The highest BCUT2D eigenvalue weighted by Gasteiger charge is 2.25. The zero-order chi connectivity index (χ0) is 16.5. The Labute approximate surface area is 131 Å². The molecule has 0 aromatic heterocycles. The van der Waals surface area contributed by atoms with Crippen LogP contribution >= 0.6 is 0 Å². The monoisotopic (exact) mass is 325 g/mol. The Morgan fingerprint density at radius 3 is 2.64 bits per heavy atom. The molecule has 6 nitrogen and oxygen atoms in total. The van der Waals surface area contributed by atoms with Gasteiger partial charge in [-0.2, -0.15) is 0 Å². The SMILES string of the molecule is CN(C)CC(C)(C)CNS(=O)(=O)c1ccc2c(c1)CC(=O)N2. The summed E-state index contributed by atoms with van der Waals surface area (Å²) in [4.78, 5) is 13.6. The van der Waals surface area contributed by atoms with E-state index in [2.05, 4.69) is 10.0 Å². The lowest BCUT2D eigenvalue weighted by Gasteiger charge is -2.28. The summed E-state index contributed by atoms with van der Waals surface area (Å²) < 4.78 is 27.5. The van der Waals surface area contributed by atoms with Gasteiger partial charge in [-0.3, -0.25) is 4.79 Å². The van der Waals surface area contributed by atoms with Crippen LogP contribution in [0.2, 0.25) is 0 Å². The molecule has 2 N–H and O–H groups in total. The Kier molecular flexibility index (Phi) is 4.60. The minimum Gasteiger partial charge on any atom is -0.326 e. The molecular weight excluding hydrogens is 302 g/mol. The smallest absolute Gasteiger partial charge is 0.240 e. The summed E-state index contributed by atoms with van der Waals surface area (Å²) in [5.74, 6) is -0.107. The van der Waals surface area contributed by atoms with E-state index in [1.807, 2.05) is 32.8 Å². The van der Waals surface area contributed by atoms with Crippen molar-refractivity contribution in [1.82, 2.24) is 9.62 Å². The second-order valence-electron chi connectivity index (χ2n) is 6.77. The normalized spacial score (nSPS) is 15.0. The van der Waals surface area contributed by atoms with Crippen molar-refractivity contribution in [3.8, 4) is 0 Å². The molecule has 0 atom stereocenters. The van der Waals surface area contributed by atoms with E-state index < -0.39 is 10.0 Å². The molecule has 0 saturated carbocycles. The van der Waals surface area contributed by atoms with Crippen molar-refractivity contribution >= 4 is 21.6 Å². The lowest BCUT2D eigenvalue weighted by molar-refractivity contribution is -0.115. The summed E-state index contributed by atoms with van der Waals surface area (Å²) in [6.45, 7) is 5.15. The van der Waals surface area contributed by atoms with Gasteiger partial charge in [-0.05, 0) is 43.3 Å². The number of nitrogens with zero attached hydrogens (tertiary/aromatic N) is 1. The number of carbonyl (C=O) groups is 1. The number of sulfonamides is 1. The minimum absolute atomic E-state index is 0.107. The van der Waals surface area contributed by atoms with Crippen LogP contribution in [0.15, 0.2) is 23.1 Å². The summed E-state index contributed by atoms with van der Waals surface area (Å²) in [5.41, 5.74) is 1.24. The number of nitrogens with one attached hydrogen (secondary N) is 2. The number of anilines is 1. The van der Waals surface area contributed by atoms with Crippen LogP contribution in [-0.4, -0.2) is 46.4 Å². The van der Waals surface area contributed by atoms with Gasteiger partial charge in [0.15, 0.2) is 0 Å². The molecule has 0 radical (unpaired) electrons. The van der Waals surface area contributed by atoms with E-state index in [9.17, 15) is 13.2 Å². The lowest BCUT2D eigenvalue weighted by Crippen LogP contribution is -2.39. The Bertz CT molecular complexity index is 681.